The number of rotatable bonds is 6. The normalized spacial score (nSPS) is 20.3. The van der Waals surface area contributed by atoms with Gasteiger partial charge in [-0.1, -0.05) is 26.0 Å². The van der Waals surface area contributed by atoms with Gasteiger partial charge in [-0.15, -0.1) is 0 Å². The number of cyclic esters (lactones) is 1. The number of methoxy groups -OCH3 is 1. The van der Waals surface area contributed by atoms with Gasteiger partial charge in [0.1, 0.15) is 11.9 Å². The minimum Gasteiger partial charge on any atom is -0.496 e. The summed E-state index contributed by atoms with van der Waals surface area (Å²) in [7, 11) is 1.68. The number of hydrogen-bond acceptors (Lipinski definition) is 4. The first kappa shape index (κ1) is 18.5. The van der Waals surface area contributed by atoms with Crippen molar-refractivity contribution in [1.29, 1.82) is 0 Å². The van der Waals surface area contributed by atoms with Crippen molar-refractivity contribution < 1.29 is 19.4 Å². The molecular formula is C21H27NO4. The Hall–Kier alpha value is -2.27. The van der Waals surface area contributed by atoms with Crippen LogP contribution in [0.3, 0.4) is 0 Å². The predicted octanol–water partition coefficient (Wildman–Crippen LogP) is 3.74. The average molecular weight is 357 g/mol. The van der Waals surface area contributed by atoms with Crippen LogP contribution in [0.4, 0.5) is 0 Å². The molecular weight excluding hydrogens is 330 g/mol. The maximum Gasteiger partial charge on any atom is 0.308 e. The number of nitrogens with zero attached hydrogens (tertiary/aromatic N) is 1. The van der Waals surface area contributed by atoms with E-state index in [1.807, 2.05) is 18.2 Å². The summed E-state index contributed by atoms with van der Waals surface area (Å²) in [6.07, 6.45) is 0.459. The minimum absolute atomic E-state index is 0.101. The smallest absolute Gasteiger partial charge is 0.308 e. The van der Waals surface area contributed by atoms with Crippen LogP contribution in [-0.2, 0) is 16.1 Å². The van der Waals surface area contributed by atoms with Gasteiger partial charge in [-0.05, 0) is 30.2 Å². The Labute approximate surface area is 154 Å². The van der Waals surface area contributed by atoms with Crippen LogP contribution in [-0.4, -0.2) is 35.0 Å². The molecule has 5 heteroatoms. The van der Waals surface area contributed by atoms with Crippen molar-refractivity contribution >= 4 is 5.97 Å². The number of hydrogen-bond donors (Lipinski definition) is 1. The van der Waals surface area contributed by atoms with E-state index in [0.29, 0.717) is 18.8 Å². The van der Waals surface area contributed by atoms with Gasteiger partial charge in [-0.25, -0.2) is 0 Å². The van der Waals surface area contributed by atoms with Gasteiger partial charge in [0.05, 0.1) is 25.3 Å². The number of aliphatic hydroxyl groups is 1. The second-order valence-electron chi connectivity index (χ2n) is 7.14. The van der Waals surface area contributed by atoms with E-state index < -0.39 is 6.10 Å². The molecule has 2 unspecified atom stereocenters. The van der Waals surface area contributed by atoms with E-state index in [1.165, 1.54) is 5.69 Å². The Bertz CT molecular complexity index is 765. The maximum atomic E-state index is 11.6. The van der Waals surface area contributed by atoms with Gasteiger partial charge >= 0.3 is 5.97 Å². The first-order valence-electron chi connectivity index (χ1n) is 9.20. The van der Waals surface area contributed by atoms with E-state index in [1.54, 1.807) is 7.11 Å². The molecule has 2 heterocycles. The third kappa shape index (κ3) is 3.93. The highest BCUT2D eigenvalue weighted by atomic mass is 16.5. The van der Waals surface area contributed by atoms with Crippen molar-refractivity contribution in [3.8, 4) is 17.0 Å². The van der Waals surface area contributed by atoms with Crippen LogP contribution < -0.4 is 4.74 Å². The fraction of sp³-hybridized carbons (Fsp3) is 0.476. The summed E-state index contributed by atoms with van der Waals surface area (Å²) in [4.78, 5) is 11.6. The van der Waals surface area contributed by atoms with Crippen molar-refractivity contribution in [1.82, 2.24) is 4.57 Å². The highest BCUT2D eigenvalue weighted by Crippen LogP contribution is 2.33. The third-order valence-corrected chi connectivity index (χ3v) is 4.90. The molecule has 1 aliphatic heterocycles. The second kappa shape index (κ2) is 7.96. The summed E-state index contributed by atoms with van der Waals surface area (Å²) in [5.74, 6) is 0.898. The van der Waals surface area contributed by atoms with Gasteiger partial charge in [0.2, 0.25) is 0 Å². The number of carbonyl (C=O) groups excluding carboxylic acids is 1. The molecule has 1 saturated heterocycles. The molecule has 140 valence electrons. The van der Waals surface area contributed by atoms with Crippen molar-refractivity contribution in [2.75, 3.05) is 7.11 Å². The average Bonchev–Trinajstić information content (AvgIpc) is 3.03. The molecule has 0 bridgehead atoms. The first-order valence-corrected chi connectivity index (χ1v) is 9.20. The number of esters is 1. The Kier molecular flexibility index (Phi) is 5.67. The summed E-state index contributed by atoms with van der Waals surface area (Å²) in [6, 6.07) is 12.2. The summed E-state index contributed by atoms with van der Waals surface area (Å²) < 4.78 is 13.2. The molecule has 1 aromatic carbocycles. The Morgan fingerprint density at radius 3 is 2.73 bits per heavy atom. The molecule has 5 nitrogen and oxygen atoms in total. The number of para-hydroxylation sites is 1. The number of carbonyl (C=O) groups is 1. The van der Waals surface area contributed by atoms with Gasteiger partial charge < -0.3 is 19.1 Å². The molecule has 0 aliphatic carbocycles. The van der Waals surface area contributed by atoms with Crippen molar-refractivity contribution in [3.05, 3.63) is 42.1 Å². The van der Waals surface area contributed by atoms with Crippen LogP contribution in [0.5, 0.6) is 5.75 Å². The lowest BCUT2D eigenvalue weighted by atomic mass is 10.0. The van der Waals surface area contributed by atoms with Crippen LogP contribution in [0.25, 0.3) is 11.3 Å². The molecule has 1 aromatic heterocycles. The quantitative estimate of drug-likeness (QED) is 0.800. The van der Waals surface area contributed by atoms with Gasteiger partial charge in [0, 0.05) is 30.6 Å². The summed E-state index contributed by atoms with van der Waals surface area (Å²) >= 11 is 0. The fourth-order valence-electron chi connectivity index (χ4n) is 3.64. The van der Waals surface area contributed by atoms with Crippen LogP contribution in [0.15, 0.2) is 36.4 Å². The maximum absolute atomic E-state index is 11.6. The topological polar surface area (TPSA) is 60.7 Å². The zero-order valence-electron chi connectivity index (χ0n) is 15.6. The van der Waals surface area contributed by atoms with E-state index in [-0.39, 0.29) is 18.5 Å². The number of aliphatic hydroxyl groups excluding tert-OH is 1. The number of aromatic nitrogens is 1. The Balaban J connectivity index is 1.87. The predicted molar refractivity (Wildman–Crippen MR) is 100 cm³/mol. The molecule has 1 aliphatic rings. The summed E-state index contributed by atoms with van der Waals surface area (Å²) in [6.45, 7) is 5.06. The van der Waals surface area contributed by atoms with Gasteiger partial charge in [-0.2, -0.15) is 0 Å². The van der Waals surface area contributed by atoms with Crippen molar-refractivity contribution in [3.63, 3.8) is 0 Å². The minimum atomic E-state index is -0.593. The first-order chi connectivity index (χ1) is 12.5. The molecule has 1 fully saturated rings. The molecule has 1 N–H and O–H groups in total. The molecule has 0 saturated carbocycles. The summed E-state index contributed by atoms with van der Waals surface area (Å²) in [5, 5.41) is 9.83. The van der Waals surface area contributed by atoms with Crippen LogP contribution in [0, 0.1) is 0 Å². The molecule has 3 rings (SSSR count). The van der Waals surface area contributed by atoms with E-state index in [4.69, 9.17) is 9.47 Å². The monoisotopic (exact) mass is 357 g/mol. The largest absolute Gasteiger partial charge is 0.496 e. The molecule has 0 spiro atoms. The van der Waals surface area contributed by atoms with E-state index in [2.05, 4.69) is 36.6 Å². The Morgan fingerprint density at radius 1 is 1.27 bits per heavy atom. The second-order valence-corrected chi connectivity index (χ2v) is 7.14. The number of ether oxygens (including phenoxy) is 2. The van der Waals surface area contributed by atoms with Gasteiger partial charge in [0.25, 0.3) is 0 Å². The SMILES string of the molecule is COc1ccccc1-c1ccc(C(C)C)n1CCC1CC(O)CC(=O)O1. The van der Waals surface area contributed by atoms with Gasteiger partial charge in [0.15, 0.2) is 0 Å². The van der Waals surface area contributed by atoms with Crippen LogP contribution in [0.1, 0.15) is 44.7 Å². The Morgan fingerprint density at radius 2 is 2.04 bits per heavy atom. The standard InChI is InChI=1S/C21H27NO4/c1-14(2)18-8-9-19(17-6-4-5-7-20(17)25-3)22(18)11-10-16-12-15(23)13-21(24)26-16/h4-9,14-16,23H,10-13H2,1-3H3. The molecule has 0 amide bonds. The van der Waals surface area contributed by atoms with Crippen molar-refractivity contribution in [2.45, 2.75) is 57.8 Å². The van der Waals surface area contributed by atoms with Crippen molar-refractivity contribution in [2.24, 2.45) is 0 Å². The lowest BCUT2D eigenvalue weighted by Crippen LogP contribution is -2.33. The van der Waals surface area contributed by atoms with E-state index >= 15 is 0 Å². The molecule has 2 atom stereocenters. The highest BCUT2D eigenvalue weighted by Gasteiger charge is 2.27. The zero-order valence-corrected chi connectivity index (χ0v) is 15.6. The van der Waals surface area contributed by atoms with E-state index in [9.17, 15) is 9.90 Å². The van der Waals surface area contributed by atoms with Gasteiger partial charge in [-0.3, -0.25) is 4.79 Å². The van der Waals surface area contributed by atoms with E-state index in [0.717, 1.165) is 23.6 Å². The number of benzene rings is 1. The fourth-order valence-corrected chi connectivity index (χ4v) is 3.64. The third-order valence-electron chi connectivity index (χ3n) is 4.90. The summed E-state index contributed by atoms with van der Waals surface area (Å²) in [5.41, 5.74) is 3.37. The van der Waals surface area contributed by atoms with Crippen LogP contribution >= 0.6 is 0 Å². The highest BCUT2D eigenvalue weighted by molar-refractivity contribution is 5.71. The lowest BCUT2D eigenvalue weighted by molar-refractivity contribution is -0.160. The molecule has 2 aromatic rings. The van der Waals surface area contributed by atoms with Crippen LogP contribution in [0.2, 0.25) is 0 Å². The molecule has 26 heavy (non-hydrogen) atoms. The lowest BCUT2D eigenvalue weighted by Gasteiger charge is -2.27. The zero-order chi connectivity index (χ0) is 18.7. The molecule has 0 radical (unpaired) electrons.